The monoisotopic (exact) mass is 728 g/mol. The Morgan fingerprint density at radius 1 is 0.588 bits per heavy atom. The van der Waals surface area contributed by atoms with E-state index in [1.165, 1.54) is 50.6 Å². The van der Waals surface area contributed by atoms with Crippen molar-refractivity contribution in [2.45, 2.75) is 9.79 Å². The Balaban J connectivity index is 1.32. The van der Waals surface area contributed by atoms with Crippen molar-refractivity contribution >= 4 is 75.9 Å². The first-order valence-corrected chi connectivity index (χ1v) is 17.6. The molecule has 0 fully saturated rings. The van der Waals surface area contributed by atoms with Gasteiger partial charge >= 0.3 is 0 Å². The number of benzene rings is 6. The third-order valence-electron chi connectivity index (χ3n) is 7.87. The molecule has 0 radical (unpaired) electrons. The number of methoxy groups -OCH3 is 2. The predicted octanol–water partition coefficient (Wildman–Crippen LogP) is 7.87. The smallest absolute Gasteiger partial charge is 0.296 e. The summed E-state index contributed by atoms with van der Waals surface area (Å²) in [5.41, 5.74) is 14.4. The molecule has 6 aromatic carbocycles. The van der Waals surface area contributed by atoms with Crippen LogP contribution in [0, 0.1) is 0 Å². The van der Waals surface area contributed by atoms with Crippen molar-refractivity contribution in [3.63, 3.8) is 0 Å². The van der Waals surface area contributed by atoms with E-state index in [0.717, 1.165) is 6.07 Å². The van der Waals surface area contributed by atoms with Crippen molar-refractivity contribution in [2.75, 3.05) is 25.7 Å². The van der Waals surface area contributed by atoms with E-state index >= 15 is 0 Å². The highest BCUT2D eigenvalue weighted by Gasteiger charge is 2.22. The quantitative estimate of drug-likeness (QED) is 0.0544. The standard InChI is InChI=1S/C34H28N6O9S2/c1-48-30-13-18(4-10-28(30)38-37-27-12-9-26(36)25-17-22(50(42,43)44)7-8-23(25)27)19-5-11-29(31(14-19)49-2)39-40-33-32(51(45,46)47)15-20-3-6-21(35)16-24(20)34(33)41/h3-17,41H,35-36H2,1-2H3,(H,42,43,44)(H,45,46,47). The minimum atomic E-state index is -4.80. The van der Waals surface area contributed by atoms with Crippen LogP contribution in [0.3, 0.4) is 0 Å². The molecule has 0 unspecified atom stereocenters. The Morgan fingerprint density at radius 2 is 1.18 bits per heavy atom. The number of nitrogens with zero attached hydrogens (tertiary/aromatic N) is 4. The summed E-state index contributed by atoms with van der Waals surface area (Å²) in [7, 11) is -6.37. The number of fused-ring (bicyclic) bond motifs is 2. The number of hydrogen-bond donors (Lipinski definition) is 5. The zero-order valence-electron chi connectivity index (χ0n) is 26.7. The van der Waals surface area contributed by atoms with E-state index < -0.39 is 36.6 Å². The molecule has 17 heteroatoms. The van der Waals surface area contributed by atoms with Crippen molar-refractivity contribution in [3.8, 4) is 28.4 Å². The molecule has 6 aromatic rings. The van der Waals surface area contributed by atoms with Gasteiger partial charge in [-0.05, 0) is 83.2 Å². The SMILES string of the molecule is COc1cc(-c2ccc(N=Nc3ccc(N)c4cc(S(=O)(=O)O)ccc34)c(OC)c2)ccc1N=Nc1c(S(=O)(=O)O)cc2ccc(N)cc2c1O. The number of azo groups is 2. The van der Waals surface area contributed by atoms with Gasteiger partial charge in [0.05, 0.1) is 24.8 Å². The first-order chi connectivity index (χ1) is 24.2. The lowest BCUT2D eigenvalue weighted by Gasteiger charge is -2.11. The van der Waals surface area contributed by atoms with Gasteiger partial charge < -0.3 is 26.0 Å². The molecule has 0 aliphatic rings. The van der Waals surface area contributed by atoms with E-state index in [1.54, 1.807) is 48.5 Å². The van der Waals surface area contributed by atoms with Crippen LogP contribution in [0.5, 0.6) is 17.2 Å². The molecular formula is C34H28N6O9S2. The van der Waals surface area contributed by atoms with Gasteiger partial charge in [-0.3, -0.25) is 9.11 Å². The molecule has 260 valence electrons. The second-order valence-electron chi connectivity index (χ2n) is 11.1. The van der Waals surface area contributed by atoms with Crippen LogP contribution >= 0.6 is 0 Å². The minimum Gasteiger partial charge on any atom is -0.505 e. The van der Waals surface area contributed by atoms with E-state index in [1.807, 2.05) is 0 Å². The highest BCUT2D eigenvalue weighted by Crippen LogP contribution is 2.43. The van der Waals surface area contributed by atoms with Gasteiger partial charge in [0.15, 0.2) is 5.75 Å². The van der Waals surface area contributed by atoms with Gasteiger partial charge in [0.2, 0.25) is 0 Å². The van der Waals surface area contributed by atoms with Crippen LogP contribution in [0.1, 0.15) is 0 Å². The van der Waals surface area contributed by atoms with Crippen molar-refractivity contribution in [1.29, 1.82) is 0 Å². The number of aromatic hydroxyl groups is 1. The Bertz CT molecular complexity index is 2660. The van der Waals surface area contributed by atoms with Gasteiger partial charge in [-0.15, -0.1) is 20.5 Å². The van der Waals surface area contributed by atoms with E-state index in [0.29, 0.717) is 55.8 Å². The summed E-state index contributed by atoms with van der Waals surface area (Å²) < 4.78 is 78.0. The maximum Gasteiger partial charge on any atom is 0.296 e. The summed E-state index contributed by atoms with van der Waals surface area (Å²) in [4.78, 5) is -0.945. The molecule has 0 amide bonds. The molecule has 0 aliphatic carbocycles. The molecular weight excluding hydrogens is 701 g/mol. The van der Waals surface area contributed by atoms with Crippen LogP contribution in [-0.2, 0) is 20.2 Å². The van der Waals surface area contributed by atoms with Crippen LogP contribution in [-0.4, -0.2) is 45.3 Å². The highest BCUT2D eigenvalue weighted by atomic mass is 32.2. The molecule has 0 aromatic heterocycles. The lowest BCUT2D eigenvalue weighted by Crippen LogP contribution is -1.99. The summed E-state index contributed by atoms with van der Waals surface area (Å²) in [6.07, 6.45) is 0. The summed E-state index contributed by atoms with van der Waals surface area (Å²) in [6.45, 7) is 0. The number of phenols is 1. The van der Waals surface area contributed by atoms with E-state index in [9.17, 15) is 31.0 Å². The third-order valence-corrected chi connectivity index (χ3v) is 9.58. The van der Waals surface area contributed by atoms with Gasteiger partial charge in [-0.25, -0.2) is 0 Å². The number of anilines is 2. The van der Waals surface area contributed by atoms with Gasteiger partial charge in [-0.2, -0.15) is 16.8 Å². The van der Waals surface area contributed by atoms with Gasteiger partial charge in [0.25, 0.3) is 20.2 Å². The van der Waals surface area contributed by atoms with Gasteiger partial charge in [0, 0.05) is 27.5 Å². The third kappa shape index (κ3) is 6.99. The number of ether oxygens (including phenoxy) is 2. The van der Waals surface area contributed by atoms with Crippen molar-refractivity contribution in [1.82, 2.24) is 0 Å². The van der Waals surface area contributed by atoms with Crippen molar-refractivity contribution in [3.05, 3.63) is 91.0 Å². The largest absolute Gasteiger partial charge is 0.505 e. The number of rotatable bonds is 9. The summed E-state index contributed by atoms with van der Waals surface area (Å²) in [5, 5.41) is 29.1. The maximum atomic E-state index is 12.2. The van der Waals surface area contributed by atoms with Crippen LogP contribution in [0.4, 0.5) is 34.1 Å². The molecule has 0 atom stereocenters. The van der Waals surface area contributed by atoms with Crippen LogP contribution < -0.4 is 20.9 Å². The molecule has 0 bridgehead atoms. The average molecular weight is 729 g/mol. The molecule has 7 N–H and O–H groups in total. The topological polar surface area (TPSA) is 249 Å². The molecule has 0 aliphatic heterocycles. The van der Waals surface area contributed by atoms with Crippen LogP contribution in [0.15, 0.2) is 121 Å². The second-order valence-corrected chi connectivity index (χ2v) is 13.9. The maximum absolute atomic E-state index is 12.2. The van der Waals surface area contributed by atoms with Crippen LogP contribution in [0.2, 0.25) is 0 Å². The zero-order chi connectivity index (χ0) is 36.7. The molecule has 6 rings (SSSR count). The Labute approximate surface area is 291 Å². The van der Waals surface area contributed by atoms with Gasteiger partial charge in [-0.1, -0.05) is 24.3 Å². The predicted molar refractivity (Wildman–Crippen MR) is 191 cm³/mol. The lowest BCUT2D eigenvalue weighted by molar-refractivity contribution is 0.415. The van der Waals surface area contributed by atoms with Gasteiger partial charge in [0.1, 0.15) is 33.5 Å². The number of phenolic OH excluding ortho intramolecular Hbond substituents is 1. The molecule has 15 nitrogen and oxygen atoms in total. The average Bonchev–Trinajstić information content (AvgIpc) is 3.10. The summed E-state index contributed by atoms with van der Waals surface area (Å²) in [6, 6.07) is 22.9. The minimum absolute atomic E-state index is 0.187. The number of nitrogen functional groups attached to an aromatic ring is 2. The fraction of sp³-hybridized carbons (Fsp3) is 0.0588. The van der Waals surface area contributed by atoms with Crippen LogP contribution in [0.25, 0.3) is 32.7 Å². The fourth-order valence-electron chi connectivity index (χ4n) is 5.32. The molecule has 0 heterocycles. The summed E-state index contributed by atoms with van der Waals surface area (Å²) in [5.74, 6) is 0.0915. The second kappa shape index (κ2) is 13.3. The molecule has 0 saturated carbocycles. The van der Waals surface area contributed by atoms with Crippen molar-refractivity contribution in [2.24, 2.45) is 20.5 Å². The number of nitrogens with two attached hydrogens (primary N) is 2. The normalized spacial score (nSPS) is 12.3. The number of hydrogen-bond acceptors (Lipinski definition) is 13. The summed E-state index contributed by atoms with van der Waals surface area (Å²) >= 11 is 0. The van der Waals surface area contributed by atoms with Crippen molar-refractivity contribution < 1.29 is 40.5 Å². The fourth-order valence-corrected chi connectivity index (χ4v) is 6.49. The van der Waals surface area contributed by atoms with E-state index in [4.69, 9.17) is 20.9 Å². The van der Waals surface area contributed by atoms with E-state index in [-0.39, 0.29) is 21.7 Å². The zero-order valence-corrected chi connectivity index (χ0v) is 28.3. The Kier molecular flexibility index (Phi) is 9.05. The highest BCUT2D eigenvalue weighted by molar-refractivity contribution is 7.86. The molecule has 51 heavy (non-hydrogen) atoms. The van der Waals surface area contributed by atoms with E-state index in [2.05, 4.69) is 20.5 Å². The Hall–Kier alpha value is -6.14. The lowest BCUT2D eigenvalue weighted by atomic mass is 10.0. The molecule has 0 spiro atoms. The molecule has 0 saturated heterocycles. The Morgan fingerprint density at radius 3 is 1.76 bits per heavy atom. The first kappa shape index (κ1) is 34.7. The first-order valence-electron chi connectivity index (χ1n) is 14.7.